The summed E-state index contributed by atoms with van der Waals surface area (Å²) in [6, 6.07) is 8.92. The van der Waals surface area contributed by atoms with Crippen molar-refractivity contribution in [3.05, 3.63) is 47.7 Å². The fourth-order valence-electron chi connectivity index (χ4n) is 2.49. The van der Waals surface area contributed by atoms with E-state index in [2.05, 4.69) is 15.6 Å². The molecule has 0 aliphatic rings. The van der Waals surface area contributed by atoms with Gasteiger partial charge in [-0.1, -0.05) is 6.07 Å². The molecular formula is C20H25N3O4. The Bertz CT molecular complexity index is 793. The van der Waals surface area contributed by atoms with E-state index in [4.69, 9.17) is 9.47 Å². The molecule has 7 heteroatoms. The zero-order valence-corrected chi connectivity index (χ0v) is 15.9. The van der Waals surface area contributed by atoms with Crippen LogP contribution in [-0.2, 0) is 11.2 Å². The van der Waals surface area contributed by atoms with E-state index in [1.165, 1.54) is 13.1 Å². The largest absolute Gasteiger partial charge is 0.490 e. The van der Waals surface area contributed by atoms with Crippen molar-refractivity contribution in [2.24, 2.45) is 0 Å². The summed E-state index contributed by atoms with van der Waals surface area (Å²) in [4.78, 5) is 27.4. The van der Waals surface area contributed by atoms with E-state index in [0.29, 0.717) is 43.3 Å². The molecule has 1 aromatic heterocycles. The predicted octanol–water partition coefficient (Wildman–Crippen LogP) is 2.81. The molecular weight excluding hydrogens is 346 g/mol. The van der Waals surface area contributed by atoms with Crippen LogP contribution in [0, 0.1) is 0 Å². The first-order valence-electron chi connectivity index (χ1n) is 8.93. The van der Waals surface area contributed by atoms with Gasteiger partial charge in [-0.15, -0.1) is 0 Å². The first kappa shape index (κ1) is 20.2. The average Bonchev–Trinajstić information content (AvgIpc) is 2.64. The number of pyridine rings is 1. The standard InChI is InChI=1S/C20H25N3O4/c1-4-26-17-7-6-15(12-18(17)27-5-2)8-10-22-20(25)16-9-11-21-19(13-16)23-14(3)24/h6-7,9,11-13H,4-5,8,10H2,1-3H3,(H,22,25)(H,21,23,24). The van der Waals surface area contributed by atoms with Gasteiger partial charge in [0.1, 0.15) is 5.82 Å². The number of rotatable bonds is 9. The van der Waals surface area contributed by atoms with Gasteiger partial charge in [-0.05, 0) is 50.1 Å². The van der Waals surface area contributed by atoms with Crippen molar-refractivity contribution in [2.45, 2.75) is 27.2 Å². The summed E-state index contributed by atoms with van der Waals surface area (Å²) < 4.78 is 11.2. The smallest absolute Gasteiger partial charge is 0.251 e. The van der Waals surface area contributed by atoms with Gasteiger partial charge in [-0.25, -0.2) is 4.98 Å². The topological polar surface area (TPSA) is 89.5 Å². The van der Waals surface area contributed by atoms with Gasteiger partial charge in [0.25, 0.3) is 5.91 Å². The molecule has 2 rings (SSSR count). The third-order valence-corrected chi connectivity index (χ3v) is 3.63. The van der Waals surface area contributed by atoms with E-state index >= 15 is 0 Å². The van der Waals surface area contributed by atoms with Gasteiger partial charge in [0.2, 0.25) is 5.91 Å². The molecule has 0 spiro atoms. The maximum absolute atomic E-state index is 12.3. The van der Waals surface area contributed by atoms with Gasteiger partial charge in [-0.2, -0.15) is 0 Å². The summed E-state index contributed by atoms with van der Waals surface area (Å²) in [5.41, 5.74) is 1.48. The molecule has 0 aliphatic carbocycles. The van der Waals surface area contributed by atoms with Crippen molar-refractivity contribution >= 4 is 17.6 Å². The predicted molar refractivity (Wildman–Crippen MR) is 103 cm³/mol. The van der Waals surface area contributed by atoms with Gasteiger partial charge in [0.15, 0.2) is 11.5 Å². The van der Waals surface area contributed by atoms with Gasteiger partial charge < -0.3 is 20.1 Å². The molecule has 2 N–H and O–H groups in total. The van der Waals surface area contributed by atoms with Crippen LogP contribution in [0.3, 0.4) is 0 Å². The number of ether oxygens (including phenoxy) is 2. The SMILES string of the molecule is CCOc1ccc(CCNC(=O)c2ccnc(NC(C)=O)c2)cc1OCC. The average molecular weight is 371 g/mol. The van der Waals surface area contributed by atoms with Crippen molar-refractivity contribution in [1.82, 2.24) is 10.3 Å². The lowest BCUT2D eigenvalue weighted by Crippen LogP contribution is -2.26. The zero-order chi connectivity index (χ0) is 19.6. The summed E-state index contributed by atoms with van der Waals surface area (Å²) in [7, 11) is 0. The van der Waals surface area contributed by atoms with Crippen molar-refractivity contribution in [3.8, 4) is 11.5 Å². The quantitative estimate of drug-likeness (QED) is 0.707. The minimum Gasteiger partial charge on any atom is -0.490 e. The highest BCUT2D eigenvalue weighted by Gasteiger charge is 2.09. The summed E-state index contributed by atoms with van der Waals surface area (Å²) in [6.45, 7) is 6.83. The Morgan fingerprint density at radius 1 is 1.04 bits per heavy atom. The zero-order valence-electron chi connectivity index (χ0n) is 15.9. The molecule has 27 heavy (non-hydrogen) atoms. The van der Waals surface area contributed by atoms with Crippen LogP contribution in [0.4, 0.5) is 5.82 Å². The molecule has 0 radical (unpaired) electrons. The fourth-order valence-corrected chi connectivity index (χ4v) is 2.49. The number of hydrogen-bond donors (Lipinski definition) is 2. The Morgan fingerprint density at radius 3 is 2.48 bits per heavy atom. The van der Waals surface area contributed by atoms with Crippen molar-refractivity contribution in [2.75, 3.05) is 25.1 Å². The molecule has 1 heterocycles. The number of carbonyl (C=O) groups excluding carboxylic acids is 2. The van der Waals surface area contributed by atoms with Crippen LogP contribution in [0.1, 0.15) is 36.7 Å². The second-order valence-corrected chi connectivity index (χ2v) is 5.76. The molecule has 0 saturated carbocycles. The van der Waals surface area contributed by atoms with E-state index < -0.39 is 0 Å². The molecule has 0 aliphatic heterocycles. The lowest BCUT2D eigenvalue weighted by atomic mass is 10.1. The Balaban J connectivity index is 1.94. The number of aromatic nitrogens is 1. The minimum atomic E-state index is -0.235. The number of benzene rings is 1. The van der Waals surface area contributed by atoms with E-state index in [-0.39, 0.29) is 11.8 Å². The van der Waals surface area contributed by atoms with Crippen LogP contribution in [0.2, 0.25) is 0 Å². The molecule has 0 saturated heterocycles. The van der Waals surface area contributed by atoms with Crippen molar-refractivity contribution in [1.29, 1.82) is 0 Å². The number of hydrogen-bond acceptors (Lipinski definition) is 5. The summed E-state index contributed by atoms with van der Waals surface area (Å²) in [5.74, 6) is 1.32. The second kappa shape index (κ2) is 10.2. The van der Waals surface area contributed by atoms with E-state index in [0.717, 1.165) is 11.3 Å². The van der Waals surface area contributed by atoms with E-state index in [1.54, 1.807) is 12.1 Å². The van der Waals surface area contributed by atoms with E-state index in [1.807, 2.05) is 32.0 Å². The molecule has 0 unspecified atom stereocenters. The molecule has 0 bridgehead atoms. The van der Waals surface area contributed by atoms with Crippen LogP contribution in [0.5, 0.6) is 11.5 Å². The van der Waals surface area contributed by atoms with Gasteiger partial charge >= 0.3 is 0 Å². The number of nitrogens with one attached hydrogen (secondary N) is 2. The number of anilines is 1. The third kappa shape index (κ3) is 6.29. The Kier molecular flexibility index (Phi) is 7.61. The lowest BCUT2D eigenvalue weighted by Gasteiger charge is -2.12. The molecule has 2 amide bonds. The summed E-state index contributed by atoms with van der Waals surface area (Å²) in [6.07, 6.45) is 2.14. The molecule has 1 aromatic carbocycles. The lowest BCUT2D eigenvalue weighted by molar-refractivity contribution is -0.114. The van der Waals surface area contributed by atoms with Crippen LogP contribution in [0.15, 0.2) is 36.5 Å². The Hall–Kier alpha value is -3.09. The highest BCUT2D eigenvalue weighted by Crippen LogP contribution is 2.28. The monoisotopic (exact) mass is 371 g/mol. The first-order valence-corrected chi connectivity index (χ1v) is 8.93. The number of nitrogens with zero attached hydrogens (tertiary/aromatic N) is 1. The van der Waals surface area contributed by atoms with Crippen LogP contribution in [0.25, 0.3) is 0 Å². The molecule has 2 aromatic rings. The third-order valence-electron chi connectivity index (χ3n) is 3.63. The van der Waals surface area contributed by atoms with Gasteiger partial charge in [0.05, 0.1) is 13.2 Å². The molecule has 0 fully saturated rings. The van der Waals surface area contributed by atoms with Crippen LogP contribution >= 0.6 is 0 Å². The van der Waals surface area contributed by atoms with E-state index in [9.17, 15) is 9.59 Å². The number of amides is 2. The highest BCUT2D eigenvalue weighted by molar-refractivity contribution is 5.96. The fraction of sp³-hybridized carbons (Fsp3) is 0.350. The maximum atomic E-state index is 12.3. The van der Waals surface area contributed by atoms with Crippen LogP contribution < -0.4 is 20.1 Å². The maximum Gasteiger partial charge on any atom is 0.251 e. The van der Waals surface area contributed by atoms with Gasteiger partial charge in [0, 0.05) is 25.2 Å². The van der Waals surface area contributed by atoms with Gasteiger partial charge in [-0.3, -0.25) is 9.59 Å². The summed E-state index contributed by atoms with van der Waals surface area (Å²) >= 11 is 0. The molecule has 144 valence electrons. The summed E-state index contributed by atoms with van der Waals surface area (Å²) in [5, 5.41) is 5.43. The van der Waals surface area contributed by atoms with Crippen molar-refractivity contribution in [3.63, 3.8) is 0 Å². The highest BCUT2D eigenvalue weighted by atomic mass is 16.5. The Labute approximate surface area is 159 Å². The Morgan fingerprint density at radius 2 is 1.78 bits per heavy atom. The minimum absolute atomic E-state index is 0.222. The second-order valence-electron chi connectivity index (χ2n) is 5.76. The van der Waals surface area contributed by atoms with Crippen molar-refractivity contribution < 1.29 is 19.1 Å². The number of carbonyl (C=O) groups is 2. The van der Waals surface area contributed by atoms with Crippen LogP contribution in [-0.4, -0.2) is 36.6 Å². The molecule has 7 nitrogen and oxygen atoms in total. The first-order chi connectivity index (χ1) is 13.0. The molecule has 0 atom stereocenters. The normalized spacial score (nSPS) is 10.2.